The lowest BCUT2D eigenvalue weighted by molar-refractivity contribution is 0.0743. The van der Waals surface area contributed by atoms with Gasteiger partial charge < -0.3 is 14.7 Å². The number of ether oxygens (including phenoxy) is 1. The van der Waals surface area contributed by atoms with Crippen LogP contribution in [0.15, 0.2) is 78.9 Å². The van der Waals surface area contributed by atoms with Crippen LogP contribution in [0.4, 0.5) is 0 Å². The number of phenolic OH excluding ortho intramolecular Hbond substituents is 1. The van der Waals surface area contributed by atoms with Gasteiger partial charge in [0.15, 0.2) is 0 Å². The summed E-state index contributed by atoms with van der Waals surface area (Å²) in [6, 6.07) is 24.6. The molecule has 1 amide bonds. The van der Waals surface area contributed by atoms with Gasteiger partial charge in [-0.2, -0.15) is 5.10 Å². The molecule has 4 aromatic rings. The number of aromatic nitrogens is 2. The average Bonchev–Trinajstić information content (AvgIpc) is 3.38. The highest BCUT2D eigenvalue weighted by Crippen LogP contribution is 2.44. The molecule has 166 valence electrons. The maximum Gasteiger partial charge on any atom is 0.273 e. The molecule has 0 unspecified atom stereocenters. The molecule has 0 radical (unpaired) electrons. The highest BCUT2D eigenvalue weighted by atomic mass is 16.5. The molecule has 5 rings (SSSR count). The number of nitrogens with zero attached hydrogens (tertiary/aromatic N) is 2. The van der Waals surface area contributed by atoms with Gasteiger partial charge in [0.05, 0.1) is 6.04 Å². The maximum atomic E-state index is 13.3. The van der Waals surface area contributed by atoms with Crippen molar-refractivity contribution in [2.45, 2.75) is 26.0 Å². The Morgan fingerprint density at radius 2 is 1.82 bits per heavy atom. The summed E-state index contributed by atoms with van der Waals surface area (Å²) in [6.45, 7) is 3.13. The van der Waals surface area contributed by atoms with Crippen molar-refractivity contribution < 1.29 is 14.6 Å². The van der Waals surface area contributed by atoms with E-state index < -0.39 is 0 Å². The van der Waals surface area contributed by atoms with Crippen LogP contribution in [0.3, 0.4) is 0 Å². The van der Waals surface area contributed by atoms with Crippen molar-refractivity contribution in [3.05, 3.63) is 101 Å². The Hall–Kier alpha value is -4.06. The van der Waals surface area contributed by atoms with Crippen LogP contribution in [0.2, 0.25) is 0 Å². The molecular weight excluding hydrogens is 414 g/mol. The number of phenols is 1. The van der Waals surface area contributed by atoms with E-state index in [1.807, 2.05) is 71.6 Å². The fourth-order valence-electron chi connectivity index (χ4n) is 4.41. The Kier molecular flexibility index (Phi) is 5.57. The van der Waals surface area contributed by atoms with Crippen molar-refractivity contribution in [1.29, 1.82) is 0 Å². The summed E-state index contributed by atoms with van der Waals surface area (Å²) in [7, 11) is 0. The summed E-state index contributed by atoms with van der Waals surface area (Å²) >= 11 is 0. The van der Waals surface area contributed by atoms with Gasteiger partial charge in [-0.1, -0.05) is 61.5 Å². The Morgan fingerprint density at radius 1 is 1.03 bits per heavy atom. The largest absolute Gasteiger partial charge is 0.507 e. The van der Waals surface area contributed by atoms with Gasteiger partial charge >= 0.3 is 0 Å². The van der Waals surface area contributed by atoms with Gasteiger partial charge in [0, 0.05) is 17.7 Å². The average molecular weight is 440 g/mol. The summed E-state index contributed by atoms with van der Waals surface area (Å²) in [4.78, 5) is 15.1. The molecule has 2 heterocycles. The molecule has 1 aliphatic heterocycles. The van der Waals surface area contributed by atoms with E-state index in [4.69, 9.17) is 4.74 Å². The van der Waals surface area contributed by atoms with E-state index in [1.165, 1.54) is 0 Å². The zero-order chi connectivity index (χ0) is 22.8. The highest BCUT2D eigenvalue weighted by Gasteiger charge is 2.42. The first-order valence-electron chi connectivity index (χ1n) is 11.1. The molecule has 0 aliphatic carbocycles. The predicted molar refractivity (Wildman–Crippen MR) is 126 cm³/mol. The van der Waals surface area contributed by atoms with Gasteiger partial charge in [0.1, 0.15) is 29.5 Å². The SMILES string of the molecule is CCCN1C(=O)c2[nH]nc(-c3ccccc3O)c2[C@H]1c1cccc(OCc2ccccc2)c1. The van der Waals surface area contributed by atoms with Crippen LogP contribution in [0.5, 0.6) is 11.5 Å². The van der Waals surface area contributed by atoms with Crippen LogP contribution >= 0.6 is 0 Å². The molecule has 6 heteroatoms. The third-order valence-electron chi connectivity index (χ3n) is 5.91. The standard InChI is InChI=1S/C27H25N3O3/c1-2-15-30-26(19-11-8-12-20(16-19)33-17-18-9-4-3-5-10-18)23-24(28-29-25(23)27(30)32)21-13-6-7-14-22(21)31/h3-14,16,26,31H,2,15,17H2,1H3,(H,28,29)/t26-/m1/s1. The fourth-order valence-corrected chi connectivity index (χ4v) is 4.41. The third-order valence-corrected chi connectivity index (χ3v) is 5.91. The first-order chi connectivity index (χ1) is 16.2. The Bertz CT molecular complexity index is 1280. The second-order valence-electron chi connectivity index (χ2n) is 8.13. The molecule has 1 aliphatic rings. The normalized spacial score (nSPS) is 15.0. The maximum absolute atomic E-state index is 13.3. The van der Waals surface area contributed by atoms with E-state index in [9.17, 15) is 9.90 Å². The number of H-pyrrole nitrogens is 1. The van der Waals surface area contributed by atoms with E-state index in [0.29, 0.717) is 30.1 Å². The number of para-hydroxylation sites is 1. The summed E-state index contributed by atoms with van der Waals surface area (Å²) in [5.41, 5.74) is 4.49. The van der Waals surface area contributed by atoms with Crippen molar-refractivity contribution in [2.24, 2.45) is 0 Å². The lowest BCUT2D eigenvalue weighted by Crippen LogP contribution is -2.30. The van der Waals surface area contributed by atoms with Crippen molar-refractivity contribution >= 4 is 5.91 Å². The molecular formula is C27H25N3O3. The molecule has 1 atom stereocenters. The monoisotopic (exact) mass is 439 g/mol. The van der Waals surface area contributed by atoms with Crippen LogP contribution in [0, 0.1) is 0 Å². The first kappa shape index (κ1) is 20.8. The number of fused-ring (bicyclic) bond motifs is 1. The Morgan fingerprint density at radius 3 is 2.61 bits per heavy atom. The van der Waals surface area contributed by atoms with E-state index in [1.54, 1.807) is 12.1 Å². The molecule has 3 aromatic carbocycles. The second kappa shape index (κ2) is 8.82. The molecule has 33 heavy (non-hydrogen) atoms. The molecule has 0 saturated carbocycles. The number of rotatable bonds is 7. The Balaban J connectivity index is 1.54. The minimum Gasteiger partial charge on any atom is -0.507 e. The number of hydrogen-bond donors (Lipinski definition) is 2. The minimum absolute atomic E-state index is 0.0818. The molecule has 1 aromatic heterocycles. The minimum atomic E-state index is -0.318. The third kappa shape index (κ3) is 3.84. The first-order valence-corrected chi connectivity index (χ1v) is 11.1. The number of aromatic amines is 1. The second-order valence-corrected chi connectivity index (χ2v) is 8.13. The predicted octanol–water partition coefficient (Wildman–Crippen LogP) is 5.32. The van der Waals surface area contributed by atoms with Gasteiger partial charge in [-0.3, -0.25) is 9.89 Å². The van der Waals surface area contributed by atoms with Crippen molar-refractivity contribution in [2.75, 3.05) is 6.54 Å². The van der Waals surface area contributed by atoms with E-state index >= 15 is 0 Å². The van der Waals surface area contributed by atoms with Gasteiger partial charge in [-0.25, -0.2) is 0 Å². The lowest BCUT2D eigenvalue weighted by Gasteiger charge is -2.26. The molecule has 2 N–H and O–H groups in total. The van der Waals surface area contributed by atoms with Crippen LogP contribution in [0.25, 0.3) is 11.3 Å². The number of carbonyl (C=O) groups is 1. The number of amides is 1. The highest BCUT2D eigenvalue weighted by molar-refractivity contribution is 6.00. The fraction of sp³-hybridized carbons (Fsp3) is 0.185. The molecule has 6 nitrogen and oxygen atoms in total. The zero-order valence-corrected chi connectivity index (χ0v) is 18.4. The van der Waals surface area contributed by atoms with Gasteiger partial charge in [0.2, 0.25) is 0 Å². The number of aromatic hydroxyl groups is 1. The van der Waals surface area contributed by atoms with Crippen molar-refractivity contribution in [3.8, 4) is 22.8 Å². The van der Waals surface area contributed by atoms with Crippen molar-refractivity contribution in [3.63, 3.8) is 0 Å². The van der Waals surface area contributed by atoms with E-state index in [2.05, 4.69) is 17.1 Å². The van der Waals surface area contributed by atoms with E-state index in [-0.39, 0.29) is 17.7 Å². The number of hydrogen-bond acceptors (Lipinski definition) is 4. The quantitative estimate of drug-likeness (QED) is 0.409. The molecule has 0 bridgehead atoms. The van der Waals surface area contributed by atoms with Gasteiger partial charge in [0.25, 0.3) is 5.91 Å². The van der Waals surface area contributed by atoms with E-state index in [0.717, 1.165) is 28.9 Å². The van der Waals surface area contributed by atoms with Crippen LogP contribution in [-0.2, 0) is 6.61 Å². The summed E-state index contributed by atoms with van der Waals surface area (Å²) in [5.74, 6) is 0.787. The van der Waals surface area contributed by atoms with Crippen LogP contribution < -0.4 is 4.74 Å². The van der Waals surface area contributed by atoms with Gasteiger partial charge in [-0.15, -0.1) is 0 Å². The topological polar surface area (TPSA) is 78.5 Å². The molecule has 0 fully saturated rings. The lowest BCUT2D eigenvalue weighted by atomic mass is 9.95. The summed E-state index contributed by atoms with van der Waals surface area (Å²) in [5, 5.41) is 17.8. The molecule has 0 saturated heterocycles. The van der Waals surface area contributed by atoms with Crippen molar-refractivity contribution in [1.82, 2.24) is 15.1 Å². The Labute approximate surface area is 192 Å². The summed E-state index contributed by atoms with van der Waals surface area (Å²) < 4.78 is 6.05. The summed E-state index contributed by atoms with van der Waals surface area (Å²) in [6.07, 6.45) is 0.829. The number of carbonyl (C=O) groups excluding carboxylic acids is 1. The van der Waals surface area contributed by atoms with Crippen LogP contribution in [0.1, 0.15) is 46.6 Å². The van der Waals surface area contributed by atoms with Gasteiger partial charge in [-0.05, 0) is 41.8 Å². The number of nitrogens with one attached hydrogen (secondary N) is 1. The number of benzene rings is 3. The smallest absolute Gasteiger partial charge is 0.273 e. The van der Waals surface area contributed by atoms with Crippen LogP contribution in [-0.4, -0.2) is 32.7 Å². The zero-order valence-electron chi connectivity index (χ0n) is 18.4. The molecule has 0 spiro atoms.